The van der Waals surface area contributed by atoms with Crippen LogP contribution < -0.4 is 9.47 Å². The van der Waals surface area contributed by atoms with Crippen molar-refractivity contribution in [1.82, 2.24) is 0 Å². The van der Waals surface area contributed by atoms with Crippen molar-refractivity contribution in [3.63, 3.8) is 0 Å². The van der Waals surface area contributed by atoms with Crippen molar-refractivity contribution in [2.45, 2.75) is 31.9 Å². The van der Waals surface area contributed by atoms with E-state index in [1.807, 2.05) is 6.07 Å². The lowest BCUT2D eigenvalue weighted by Crippen LogP contribution is -2.39. The summed E-state index contributed by atoms with van der Waals surface area (Å²) < 4.78 is 21.5. The van der Waals surface area contributed by atoms with Gasteiger partial charge in [-0.05, 0) is 12.4 Å². The Kier molecular flexibility index (Phi) is 3.34. The summed E-state index contributed by atoms with van der Waals surface area (Å²) in [5, 5.41) is 9.54. The van der Waals surface area contributed by atoms with E-state index in [-0.39, 0.29) is 11.5 Å². The molecule has 2 heterocycles. The lowest BCUT2D eigenvalue weighted by atomic mass is 9.79. The molecule has 0 bridgehead atoms. The molecule has 0 saturated carbocycles. The van der Waals surface area contributed by atoms with E-state index in [1.165, 1.54) is 7.11 Å². The zero-order chi connectivity index (χ0) is 15.2. The average molecular weight is 292 g/mol. The fraction of sp³-hybridized carbons (Fsp3) is 0.500. The number of fused-ring (bicyclic) bond motifs is 1. The second-order valence-electron chi connectivity index (χ2n) is 5.67. The van der Waals surface area contributed by atoms with Gasteiger partial charge in [-0.1, -0.05) is 6.07 Å². The molecule has 0 amide bonds. The monoisotopic (exact) mass is 292 g/mol. The van der Waals surface area contributed by atoms with Gasteiger partial charge < -0.3 is 23.9 Å². The molecule has 21 heavy (non-hydrogen) atoms. The minimum Gasteiger partial charge on any atom is -0.496 e. The zero-order valence-electron chi connectivity index (χ0n) is 12.2. The van der Waals surface area contributed by atoms with E-state index >= 15 is 0 Å². The first kappa shape index (κ1) is 14.2. The summed E-state index contributed by atoms with van der Waals surface area (Å²) in [7, 11) is 0.710. The van der Waals surface area contributed by atoms with E-state index in [1.54, 1.807) is 19.9 Å². The van der Waals surface area contributed by atoms with Crippen LogP contribution in [0.1, 0.15) is 35.7 Å². The van der Waals surface area contributed by atoms with Gasteiger partial charge in [0.05, 0.1) is 7.11 Å². The van der Waals surface area contributed by atoms with Crippen LogP contribution in [0.25, 0.3) is 0 Å². The molecular formula is C14H17BO6. The molecule has 1 aromatic carbocycles. The largest absolute Gasteiger partial charge is 0.496 e. The number of rotatable bonds is 2. The third-order valence-corrected chi connectivity index (χ3v) is 3.68. The quantitative estimate of drug-likeness (QED) is 0.659. The second kappa shape index (κ2) is 4.93. The van der Waals surface area contributed by atoms with Gasteiger partial charge in [-0.2, -0.15) is 0 Å². The van der Waals surface area contributed by atoms with E-state index in [9.17, 15) is 9.82 Å². The first-order valence-electron chi connectivity index (χ1n) is 6.84. The minimum absolute atomic E-state index is 0.0265. The number of methoxy groups -OCH3 is 1. The van der Waals surface area contributed by atoms with E-state index in [2.05, 4.69) is 0 Å². The van der Waals surface area contributed by atoms with Crippen LogP contribution in [0.5, 0.6) is 11.5 Å². The number of cyclic esters (lactones) is 1. The highest BCUT2D eigenvalue weighted by atomic mass is 16.7. The maximum Gasteiger partial charge on any atom is 0.454 e. The highest BCUT2D eigenvalue weighted by molar-refractivity contribution is 6.43. The molecule has 0 aromatic heterocycles. The first-order chi connectivity index (χ1) is 9.91. The Labute approximate surface area is 123 Å². The van der Waals surface area contributed by atoms with Crippen LogP contribution in [-0.2, 0) is 9.39 Å². The molecule has 3 rings (SSSR count). The third kappa shape index (κ3) is 2.47. The van der Waals surface area contributed by atoms with Crippen molar-refractivity contribution in [2.75, 3.05) is 13.7 Å². The topological polar surface area (TPSA) is 74.2 Å². The summed E-state index contributed by atoms with van der Waals surface area (Å²) in [6.07, 6.45) is 0.470. The van der Waals surface area contributed by atoms with Gasteiger partial charge in [0.2, 0.25) is 5.79 Å². The van der Waals surface area contributed by atoms with Crippen LogP contribution in [0, 0.1) is 0 Å². The molecule has 7 heteroatoms. The van der Waals surface area contributed by atoms with Crippen LogP contribution in [0.3, 0.4) is 0 Å². The first-order valence-corrected chi connectivity index (χ1v) is 6.84. The summed E-state index contributed by atoms with van der Waals surface area (Å²) in [5.74, 6) is -0.670. The number of esters is 1. The van der Waals surface area contributed by atoms with E-state index in [0.717, 1.165) is 5.56 Å². The Hall–Kier alpha value is -1.73. The number of hydrogen-bond acceptors (Lipinski definition) is 6. The average Bonchev–Trinajstić information content (AvgIpc) is 2.82. The molecule has 2 aliphatic heterocycles. The van der Waals surface area contributed by atoms with Crippen LogP contribution in [0.15, 0.2) is 12.1 Å². The Morgan fingerprint density at radius 2 is 2.14 bits per heavy atom. The predicted molar refractivity (Wildman–Crippen MR) is 74.6 cm³/mol. The van der Waals surface area contributed by atoms with Gasteiger partial charge in [0.1, 0.15) is 17.1 Å². The summed E-state index contributed by atoms with van der Waals surface area (Å²) in [5.41, 5.74) is 1.11. The Morgan fingerprint density at radius 1 is 1.38 bits per heavy atom. The molecule has 0 aliphatic carbocycles. The summed E-state index contributed by atoms with van der Waals surface area (Å²) in [6, 6.07) is 3.56. The van der Waals surface area contributed by atoms with E-state index < -0.39 is 18.9 Å². The maximum absolute atomic E-state index is 12.2. The minimum atomic E-state index is -1.04. The van der Waals surface area contributed by atoms with Crippen molar-refractivity contribution >= 4 is 13.1 Å². The van der Waals surface area contributed by atoms with Gasteiger partial charge in [-0.25, -0.2) is 4.79 Å². The van der Waals surface area contributed by atoms with Crippen LogP contribution in [0.2, 0.25) is 6.32 Å². The van der Waals surface area contributed by atoms with Crippen LogP contribution in [0.4, 0.5) is 0 Å². The normalized spacial score (nSPS) is 23.3. The summed E-state index contributed by atoms with van der Waals surface area (Å²) in [6.45, 7) is 3.74. The fourth-order valence-electron chi connectivity index (χ4n) is 2.74. The molecule has 0 radical (unpaired) electrons. The molecule has 6 nitrogen and oxygen atoms in total. The van der Waals surface area contributed by atoms with Crippen molar-refractivity contribution in [1.29, 1.82) is 0 Å². The third-order valence-electron chi connectivity index (χ3n) is 3.68. The molecule has 1 atom stereocenters. The van der Waals surface area contributed by atoms with Gasteiger partial charge >= 0.3 is 13.1 Å². The van der Waals surface area contributed by atoms with Crippen molar-refractivity contribution in [3.05, 3.63) is 23.3 Å². The molecular weight excluding hydrogens is 275 g/mol. The van der Waals surface area contributed by atoms with Crippen molar-refractivity contribution in [2.24, 2.45) is 0 Å². The van der Waals surface area contributed by atoms with Gasteiger partial charge in [0, 0.05) is 31.9 Å². The fourth-order valence-corrected chi connectivity index (χ4v) is 2.74. The summed E-state index contributed by atoms with van der Waals surface area (Å²) >= 11 is 0. The van der Waals surface area contributed by atoms with Crippen molar-refractivity contribution < 1.29 is 28.7 Å². The molecule has 1 N–H and O–H groups in total. The number of benzene rings is 1. The number of carbonyl (C=O) groups excluding carboxylic acids is 1. The van der Waals surface area contributed by atoms with Crippen molar-refractivity contribution in [3.8, 4) is 11.5 Å². The van der Waals surface area contributed by atoms with Gasteiger partial charge in [0.25, 0.3) is 0 Å². The van der Waals surface area contributed by atoms with Crippen LogP contribution in [-0.4, -0.2) is 37.6 Å². The smallest absolute Gasteiger partial charge is 0.454 e. The molecule has 1 aromatic rings. The van der Waals surface area contributed by atoms with Crippen LogP contribution >= 0.6 is 0 Å². The highest BCUT2D eigenvalue weighted by Gasteiger charge is 2.40. The molecule has 112 valence electrons. The number of ether oxygens (including phenoxy) is 3. The standard InChI is InChI=1S/C14H17BO6/c1-14(2)20-12-9(8-6-15(17)19-7-8)4-5-10(18-3)11(12)13(16)21-14/h4-5,8,17H,6-7H2,1-3H3. The molecule has 2 aliphatic rings. The van der Waals surface area contributed by atoms with E-state index in [0.29, 0.717) is 24.4 Å². The van der Waals surface area contributed by atoms with E-state index in [4.69, 9.17) is 18.9 Å². The SMILES string of the molecule is COc1ccc(C2COB(O)C2)c2c1C(=O)OC(C)(C)O2. The predicted octanol–water partition coefficient (Wildman–Crippen LogP) is 1.57. The highest BCUT2D eigenvalue weighted by Crippen LogP contribution is 2.44. The maximum atomic E-state index is 12.2. The van der Waals surface area contributed by atoms with Gasteiger partial charge in [-0.3, -0.25) is 0 Å². The Balaban J connectivity index is 2.11. The number of hydrogen-bond donors (Lipinski definition) is 1. The van der Waals surface area contributed by atoms with Gasteiger partial charge in [0.15, 0.2) is 0 Å². The second-order valence-corrected chi connectivity index (χ2v) is 5.67. The lowest BCUT2D eigenvalue weighted by molar-refractivity contribution is -0.128. The Morgan fingerprint density at radius 3 is 2.76 bits per heavy atom. The zero-order valence-corrected chi connectivity index (χ0v) is 12.2. The molecule has 1 saturated heterocycles. The molecule has 0 spiro atoms. The van der Waals surface area contributed by atoms with Gasteiger partial charge in [-0.15, -0.1) is 0 Å². The Bertz CT molecular complexity index is 585. The number of carbonyl (C=O) groups is 1. The molecule has 1 unspecified atom stereocenters. The molecule has 1 fully saturated rings. The lowest BCUT2D eigenvalue weighted by Gasteiger charge is -2.34. The summed E-state index contributed by atoms with van der Waals surface area (Å²) in [4.78, 5) is 12.2.